The summed E-state index contributed by atoms with van der Waals surface area (Å²) in [7, 11) is 0. The van der Waals surface area contributed by atoms with Crippen molar-refractivity contribution in [3.05, 3.63) is 18.2 Å². The van der Waals surface area contributed by atoms with Crippen molar-refractivity contribution in [1.29, 1.82) is 0 Å². The molecule has 3 rings (SSSR count). The zero-order chi connectivity index (χ0) is 12.5. The zero-order valence-electron chi connectivity index (χ0n) is 10.2. The van der Waals surface area contributed by atoms with Crippen LogP contribution in [0.1, 0.15) is 13.3 Å². The minimum Gasteiger partial charge on any atom is -0.381 e. The lowest BCUT2D eigenvalue weighted by Gasteiger charge is -2.21. The van der Waals surface area contributed by atoms with Crippen molar-refractivity contribution in [2.45, 2.75) is 29.5 Å². The van der Waals surface area contributed by atoms with Gasteiger partial charge in [-0.1, -0.05) is 6.92 Å². The number of hydrogen-bond donors (Lipinski definition) is 2. The second-order valence-electron chi connectivity index (χ2n) is 4.66. The molecule has 1 aromatic rings. The van der Waals surface area contributed by atoms with Crippen LogP contribution in [0.4, 0.5) is 11.4 Å². The monoisotopic (exact) mass is 280 g/mol. The first-order valence-corrected chi connectivity index (χ1v) is 8.20. The summed E-state index contributed by atoms with van der Waals surface area (Å²) in [6.07, 6.45) is 1.21. The Morgan fingerprint density at radius 2 is 2.33 bits per heavy atom. The minimum atomic E-state index is 0.0921. The molecule has 2 unspecified atom stereocenters. The predicted molar refractivity (Wildman–Crippen MR) is 79.7 cm³/mol. The molecule has 2 N–H and O–H groups in total. The van der Waals surface area contributed by atoms with Gasteiger partial charge in [0.15, 0.2) is 0 Å². The number of anilines is 2. The van der Waals surface area contributed by atoms with E-state index in [4.69, 9.17) is 0 Å². The van der Waals surface area contributed by atoms with Crippen molar-refractivity contribution in [3.63, 3.8) is 0 Å². The zero-order valence-corrected chi connectivity index (χ0v) is 11.9. The molecular formula is C13H16N2OS2. The molecule has 0 saturated carbocycles. The van der Waals surface area contributed by atoms with E-state index in [1.807, 2.05) is 11.8 Å². The lowest BCUT2D eigenvalue weighted by Crippen LogP contribution is -2.25. The van der Waals surface area contributed by atoms with E-state index in [0.29, 0.717) is 17.0 Å². The summed E-state index contributed by atoms with van der Waals surface area (Å²) in [5.41, 5.74) is 2.05. The molecule has 0 aliphatic carbocycles. The van der Waals surface area contributed by atoms with Crippen molar-refractivity contribution >= 4 is 40.8 Å². The fourth-order valence-corrected chi connectivity index (χ4v) is 4.29. The molecule has 96 valence electrons. The molecule has 3 nitrogen and oxygen atoms in total. The average molecular weight is 280 g/mol. The van der Waals surface area contributed by atoms with E-state index in [1.165, 1.54) is 12.2 Å². The highest BCUT2D eigenvalue weighted by atomic mass is 32.2. The maximum absolute atomic E-state index is 11.4. The molecule has 0 radical (unpaired) electrons. The molecule has 1 aromatic carbocycles. The second-order valence-corrected chi connectivity index (χ2v) is 7.17. The van der Waals surface area contributed by atoms with Gasteiger partial charge in [0.1, 0.15) is 0 Å². The Morgan fingerprint density at radius 3 is 3.11 bits per heavy atom. The second kappa shape index (κ2) is 5.05. The van der Waals surface area contributed by atoms with Crippen molar-refractivity contribution < 1.29 is 4.79 Å². The number of thioether (sulfide) groups is 2. The highest BCUT2D eigenvalue weighted by molar-refractivity contribution is 8.00. The van der Waals surface area contributed by atoms with Crippen LogP contribution in [0, 0.1) is 0 Å². The Hall–Kier alpha value is -0.810. The number of benzene rings is 1. The minimum absolute atomic E-state index is 0.0921. The highest BCUT2D eigenvalue weighted by Gasteiger charge is 2.24. The summed E-state index contributed by atoms with van der Waals surface area (Å²) >= 11 is 3.62. The summed E-state index contributed by atoms with van der Waals surface area (Å²) in [6.45, 7) is 2.27. The lowest BCUT2D eigenvalue weighted by molar-refractivity contribution is -0.113. The van der Waals surface area contributed by atoms with Gasteiger partial charge in [0, 0.05) is 21.9 Å². The normalized spacial score (nSPS) is 26.6. The SMILES string of the molecule is CC1SCCC1Nc1ccc2c(c1)NC(=O)CS2. The van der Waals surface area contributed by atoms with Crippen LogP contribution in [0.2, 0.25) is 0 Å². The van der Waals surface area contributed by atoms with Gasteiger partial charge in [-0.15, -0.1) is 11.8 Å². The molecule has 1 fully saturated rings. The predicted octanol–water partition coefficient (Wildman–Crippen LogP) is 3.04. The van der Waals surface area contributed by atoms with E-state index in [1.54, 1.807) is 11.8 Å². The summed E-state index contributed by atoms with van der Waals surface area (Å²) in [5.74, 6) is 1.85. The van der Waals surface area contributed by atoms with Gasteiger partial charge in [-0.05, 0) is 30.4 Å². The molecule has 1 saturated heterocycles. The van der Waals surface area contributed by atoms with Gasteiger partial charge in [-0.2, -0.15) is 11.8 Å². The van der Waals surface area contributed by atoms with Crippen molar-refractivity contribution in [1.82, 2.24) is 0 Å². The fourth-order valence-electron chi connectivity index (χ4n) is 2.31. The quantitative estimate of drug-likeness (QED) is 0.873. The Labute approximate surface area is 115 Å². The molecule has 1 amide bonds. The molecule has 2 aliphatic heterocycles. The van der Waals surface area contributed by atoms with Crippen LogP contribution in [0.3, 0.4) is 0 Å². The standard InChI is InChI=1S/C13H16N2OS2/c1-8-10(4-5-17-8)14-9-2-3-12-11(6-9)15-13(16)7-18-12/h2-3,6,8,10,14H,4-5,7H2,1H3,(H,15,16). The smallest absolute Gasteiger partial charge is 0.234 e. The maximum atomic E-state index is 11.4. The Kier molecular flexibility index (Phi) is 3.43. The van der Waals surface area contributed by atoms with Crippen LogP contribution in [0.25, 0.3) is 0 Å². The highest BCUT2D eigenvalue weighted by Crippen LogP contribution is 2.35. The van der Waals surface area contributed by atoms with Crippen LogP contribution in [0.5, 0.6) is 0 Å². The largest absolute Gasteiger partial charge is 0.381 e. The van der Waals surface area contributed by atoms with Gasteiger partial charge in [-0.25, -0.2) is 0 Å². The van der Waals surface area contributed by atoms with E-state index in [0.717, 1.165) is 16.3 Å². The van der Waals surface area contributed by atoms with Crippen molar-refractivity contribution in [2.24, 2.45) is 0 Å². The van der Waals surface area contributed by atoms with Crippen LogP contribution < -0.4 is 10.6 Å². The summed E-state index contributed by atoms with van der Waals surface area (Å²) in [6, 6.07) is 6.79. The van der Waals surface area contributed by atoms with Gasteiger partial charge in [0.25, 0.3) is 0 Å². The van der Waals surface area contributed by atoms with E-state index in [9.17, 15) is 4.79 Å². The number of fused-ring (bicyclic) bond motifs is 1. The molecule has 2 aliphatic rings. The summed E-state index contributed by atoms with van der Waals surface area (Å²) < 4.78 is 0. The van der Waals surface area contributed by atoms with Gasteiger partial charge < -0.3 is 10.6 Å². The first kappa shape index (κ1) is 12.2. The van der Waals surface area contributed by atoms with Gasteiger partial charge in [-0.3, -0.25) is 4.79 Å². The van der Waals surface area contributed by atoms with Crippen LogP contribution in [0.15, 0.2) is 23.1 Å². The summed E-state index contributed by atoms with van der Waals surface area (Å²) in [5, 5.41) is 7.16. The first-order valence-electron chi connectivity index (χ1n) is 6.17. The van der Waals surface area contributed by atoms with E-state index in [2.05, 4.69) is 35.8 Å². The van der Waals surface area contributed by atoms with E-state index in [-0.39, 0.29) is 5.91 Å². The molecule has 0 aromatic heterocycles. The first-order chi connectivity index (χ1) is 8.72. The van der Waals surface area contributed by atoms with Crippen molar-refractivity contribution in [3.8, 4) is 0 Å². The lowest BCUT2D eigenvalue weighted by atomic mass is 10.1. The van der Waals surface area contributed by atoms with Crippen LogP contribution in [-0.2, 0) is 4.79 Å². The molecule has 2 heterocycles. The molecule has 0 bridgehead atoms. The molecule has 0 spiro atoms. The van der Waals surface area contributed by atoms with Crippen LogP contribution >= 0.6 is 23.5 Å². The summed E-state index contributed by atoms with van der Waals surface area (Å²) in [4.78, 5) is 12.5. The molecule has 5 heteroatoms. The molecular weight excluding hydrogens is 264 g/mol. The number of rotatable bonds is 2. The third-order valence-electron chi connectivity index (χ3n) is 3.34. The fraction of sp³-hybridized carbons (Fsp3) is 0.462. The Bertz CT molecular complexity index is 478. The number of amides is 1. The van der Waals surface area contributed by atoms with Crippen LogP contribution in [-0.4, -0.2) is 28.7 Å². The third-order valence-corrected chi connectivity index (χ3v) is 5.74. The van der Waals surface area contributed by atoms with E-state index < -0.39 is 0 Å². The molecule has 2 atom stereocenters. The van der Waals surface area contributed by atoms with Crippen molar-refractivity contribution in [2.75, 3.05) is 22.1 Å². The third kappa shape index (κ3) is 2.47. The maximum Gasteiger partial charge on any atom is 0.234 e. The number of hydrogen-bond acceptors (Lipinski definition) is 4. The average Bonchev–Trinajstić information content (AvgIpc) is 2.74. The number of nitrogens with one attached hydrogen (secondary N) is 2. The molecule has 18 heavy (non-hydrogen) atoms. The van der Waals surface area contributed by atoms with E-state index >= 15 is 0 Å². The topological polar surface area (TPSA) is 41.1 Å². The number of carbonyl (C=O) groups excluding carboxylic acids is 1. The van der Waals surface area contributed by atoms with Gasteiger partial charge >= 0.3 is 0 Å². The Morgan fingerprint density at radius 1 is 1.44 bits per heavy atom. The Balaban J connectivity index is 1.77. The number of carbonyl (C=O) groups is 1. The van der Waals surface area contributed by atoms with Gasteiger partial charge in [0.2, 0.25) is 5.91 Å². The van der Waals surface area contributed by atoms with Gasteiger partial charge in [0.05, 0.1) is 11.4 Å².